The van der Waals surface area contributed by atoms with Crippen LogP contribution in [0.2, 0.25) is 0 Å². The van der Waals surface area contributed by atoms with E-state index in [4.69, 9.17) is 9.72 Å². The molecule has 1 aliphatic rings. The Kier molecular flexibility index (Phi) is 8.36. The zero-order valence-corrected chi connectivity index (χ0v) is 23.1. The van der Waals surface area contributed by atoms with Gasteiger partial charge in [0.25, 0.3) is 0 Å². The van der Waals surface area contributed by atoms with Crippen molar-refractivity contribution in [2.75, 3.05) is 43.1 Å². The first-order valence-corrected chi connectivity index (χ1v) is 14.8. The van der Waals surface area contributed by atoms with E-state index in [1.807, 2.05) is 66.5 Å². The van der Waals surface area contributed by atoms with Gasteiger partial charge in [-0.1, -0.05) is 54.6 Å². The summed E-state index contributed by atoms with van der Waals surface area (Å²) in [6.45, 7) is 4.16. The Balaban J connectivity index is 1.09. The third-order valence-corrected chi connectivity index (χ3v) is 7.77. The lowest BCUT2D eigenvalue weighted by atomic mass is 10.0. The van der Waals surface area contributed by atoms with Gasteiger partial charge in [0.1, 0.15) is 11.6 Å². The largest absolute Gasteiger partial charge is 0.493 e. The number of hydrogen-bond donors (Lipinski definition) is 2. The van der Waals surface area contributed by atoms with Crippen LogP contribution < -0.4 is 10.1 Å². The third kappa shape index (κ3) is 6.70. The molecule has 5 aromatic rings. The van der Waals surface area contributed by atoms with Crippen LogP contribution in [0.5, 0.6) is 5.75 Å². The summed E-state index contributed by atoms with van der Waals surface area (Å²) in [6.07, 6.45) is 4.59. The van der Waals surface area contributed by atoms with Crippen molar-refractivity contribution in [1.82, 2.24) is 24.8 Å². The predicted molar refractivity (Wildman–Crippen MR) is 164 cm³/mol. The normalized spacial score (nSPS) is 13.7. The molecule has 0 unspecified atom stereocenters. The Morgan fingerprint density at radius 3 is 2.58 bits per heavy atom. The van der Waals surface area contributed by atoms with Gasteiger partial charge in [0.15, 0.2) is 0 Å². The number of nitrogens with one attached hydrogen (secondary N) is 2. The van der Waals surface area contributed by atoms with E-state index in [0.717, 1.165) is 52.7 Å². The van der Waals surface area contributed by atoms with E-state index in [0.29, 0.717) is 12.6 Å². The average molecular weight is 549 g/mol. The molecule has 0 spiro atoms. The summed E-state index contributed by atoms with van der Waals surface area (Å²) >= 11 is 2.04. The molecule has 8 heteroatoms. The number of thioether (sulfide) groups is 1. The van der Waals surface area contributed by atoms with Crippen molar-refractivity contribution in [3.8, 4) is 39.7 Å². The van der Waals surface area contributed by atoms with Crippen molar-refractivity contribution in [2.45, 2.75) is 6.42 Å². The van der Waals surface area contributed by atoms with Crippen molar-refractivity contribution >= 4 is 23.4 Å². The SMILES string of the molecule is c1ccc(-c2cccc(-c3ncc(-c4ccnc(Nc5cccc(OCCCN6CCSCC6)c5)n4)[nH]3)c2)cc1. The topological polar surface area (TPSA) is 79.0 Å². The number of anilines is 2. The molecule has 0 amide bonds. The zero-order valence-electron chi connectivity index (χ0n) is 22.3. The van der Waals surface area contributed by atoms with Crippen molar-refractivity contribution in [3.05, 3.63) is 97.3 Å². The molecular formula is C32H32N6OS. The quantitative estimate of drug-likeness (QED) is 0.187. The molecular weight excluding hydrogens is 516 g/mol. The van der Waals surface area contributed by atoms with E-state index in [1.54, 1.807) is 6.20 Å². The Morgan fingerprint density at radius 2 is 1.68 bits per heavy atom. The maximum atomic E-state index is 6.02. The molecule has 40 heavy (non-hydrogen) atoms. The van der Waals surface area contributed by atoms with Crippen LogP contribution in [0.15, 0.2) is 97.3 Å². The van der Waals surface area contributed by atoms with E-state index in [-0.39, 0.29) is 0 Å². The van der Waals surface area contributed by atoms with Crippen molar-refractivity contribution in [2.24, 2.45) is 0 Å². The molecule has 6 rings (SSSR count). The highest BCUT2D eigenvalue weighted by Crippen LogP contribution is 2.27. The Labute approximate surface area is 239 Å². The van der Waals surface area contributed by atoms with Crippen molar-refractivity contribution < 1.29 is 4.74 Å². The molecule has 1 saturated heterocycles. The first kappa shape index (κ1) is 26.1. The van der Waals surface area contributed by atoms with Gasteiger partial charge in [-0.3, -0.25) is 0 Å². The van der Waals surface area contributed by atoms with Gasteiger partial charge in [0.05, 0.1) is 24.2 Å². The number of aromatic nitrogens is 4. The standard InChI is InChI=1S/C32H32N6OS/c1-2-7-24(8-3-1)25-9-4-10-26(21-25)31-34-23-30(36-31)29-13-14-33-32(37-29)35-27-11-5-12-28(22-27)39-18-6-15-38-16-19-40-20-17-38/h1-5,7-14,21-23H,6,15-20H2,(H,34,36)(H,33,35,37). The minimum absolute atomic E-state index is 0.514. The predicted octanol–water partition coefficient (Wildman–Crippen LogP) is 6.76. The van der Waals surface area contributed by atoms with Crippen LogP contribution in [-0.2, 0) is 0 Å². The number of ether oxygens (including phenoxy) is 1. The summed E-state index contributed by atoms with van der Waals surface area (Å²) in [5.74, 6) is 4.63. The monoisotopic (exact) mass is 548 g/mol. The van der Waals surface area contributed by atoms with Gasteiger partial charge in [-0.25, -0.2) is 15.0 Å². The molecule has 2 N–H and O–H groups in total. The number of rotatable bonds is 10. The summed E-state index contributed by atoms with van der Waals surface area (Å²) in [4.78, 5) is 19.7. The maximum absolute atomic E-state index is 6.02. The van der Waals surface area contributed by atoms with Crippen LogP contribution in [-0.4, -0.2) is 62.6 Å². The molecule has 0 atom stereocenters. The molecule has 7 nitrogen and oxygen atoms in total. The van der Waals surface area contributed by atoms with Gasteiger partial charge in [0.2, 0.25) is 5.95 Å². The number of aromatic amines is 1. The second kappa shape index (κ2) is 12.8. The zero-order chi connectivity index (χ0) is 27.0. The molecule has 3 aromatic carbocycles. The lowest BCUT2D eigenvalue weighted by Crippen LogP contribution is -2.33. The van der Waals surface area contributed by atoms with Gasteiger partial charge in [-0.05, 0) is 41.8 Å². The average Bonchev–Trinajstić information content (AvgIpc) is 3.52. The van der Waals surface area contributed by atoms with E-state index < -0.39 is 0 Å². The number of hydrogen-bond acceptors (Lipinski definition) is 7. The van der Waals surface area contributed by atoms with Gasteiger partial charge in [0, 0.05) is 54.7 Å². The van der Waals surface area contributed by atoms with Gasteiger partial charge in [-0.15, -0.1) is 0 Å². The van der Waals surface area contributed by atoms with Crippen molar-refractivity contribution in [1.29, 1.82) is 0 Å². The molecule has 202 valence electrons. The fourth-order valence-corrected chi connectivity index (χ4v) is 5.72. The molecule has 3 heterocycles. The number of imidazole rings is 1. The van der Waals surface area contributed by atoms with E-state index >= 15 is 0 Å². The fourth-order valence-electron chi connectivity index (χ4n) is 4.74. The van der Waals surface area contributed by atoms with Gasteiger partial charge < -0.3 is 19.9 Å². The first-order chi connectivity index (χ1) is 19.8. The molecule has 0 radical (unpaired) electrons. The Hall–Kier alpha value is -4.14. The molecule has 0 bridgehead atoms. The van der Waals surface area contributed by atoms with Crippen LogP contribution in [0.4, 0.5) is 11.6 Å². The van der Waals surface area contributed by atoms with Crippen molar-refractivity contribution in [3.63, 3.8) is 0 Å². The molecule has 1 fully saturated rings. The number of nitrogens with zero attached hydrogens (tertiary/aromatic N) is 4. The van der Waals surface area contributed by atoms with E-state index in [9.17, 15) is 0 Å². The highest BCUT2D eigenvalue weighted by Gasteiger charge is 2.11. The van der Waals surface area contributed by atoms with Crippen LogP contribution in [0.25, 0.3) is 33.9 Å². The summed E-state index contributed by atoms with van der Waals surface area (Å²) in [5.41, 5.74) is 5.82. The van der Waals surface area contributed by atoms with E-state index in [1.165, 1.54) is 30.2 Å². The minimum Gasteiger partial charge on any atom is -0.493 e. The molecule has 0 saturated carbocycles. The van der Waals surface area contributed by atoms with Gasteiger partial charge >= 0.3 is 0 Å². The highest BCUT2D eigenvalue weighted by atomic mass is 32.2. The smallest absolute Gasteiger partial charge is 0.227 e. The van der Waals surface area contributed by atoms with Crippen LogP contribution in [0.1, 0.15) is 6.42 Å². The Bertz CT molecular complexity index is 1530. The van der Waals surface area contributed by atoms with Crippen LogP contribution >= 0.6 is 11.8 Å². The summed E-state index contributed by atoms with van der Waals surface area (Å²) in [6, 6.07) is 28.5. The fraction of sp³-hybridized carbons (Fsp3) is 0.219. The lowest BCUT2D eigenvalue weighted by Gasteiger charge is -2.25. The second-order valence-corrected chi connectivity index (χ2v) is 10.9. The van der Waals surface area contributed by atoms with Crippen LogP contribution in [0.3, 0.4) is 0 Å². The number of benzene rings is 3. The molecule has 0 aliphatic carbocycles. The summed E-state index contributed by atoms with van der Waals surface area (Å²) in [7, 11) is 0. The Morgan fingerprint density at radius 1 is 0.850 bits per heavy atom. The second-order valence-electron chi connectivity index (χ2n) is 9.67. The maximum Gasteiger partial charge on any atom is 0.227 e. The third-order valence-electron chi connectivity index (χ3n) is 6.83. The molecule has 2 aromatic heterocycles. The summed E-state index contributed by atoms with van der Waals surface area (Å²) < 4.78 is 6.02. The van der Waals surface area contributed by atoms with Crippen LogP contribution in [0, 0.1) is 0 Å². The molecule has 1 aliphatic heterocycles. The summed E-state index contributed by atoms with van der Waals surface area (Å²) in [5, 5.41) is 3.31. The van der Waals surface area contributed by atoms with E-state index in [2.05, 4.69) is 61.6 Å². The first-order valence-electron chi connectivity index (χ1n) is 13.6. The number of H-pyrrole nitrogens is 1. The highest BCUT2D eigenvalue weighted by molar-refractivity contribution is 7.99. The van der Waals surface area contributed by atoms with Gasteiger partial charge in [-0.2, -0.15) is 11.8 Å². The lowest BCUT2D eigenvalue weighted by molar-refractivity contribution is 0.248. The minimum atomic E-state index is 0.514.